The third-order valence-electron chi connectivity index (χ3n) is 9.62. The Hall–Kier alpha value is -1.23. The van der Waals surface area contributed by atoms with Gasteiger partial charge in [0.1, 0.15) is 0 Å². The highest BCUT2D eigenvalue weighted by Crippen LogP contribution is 2.45. The normalized spacial score (nSPS) is 37.9. The second kappa shape index (κ2) is 12.1. The van der Waals surface area contributed by atoms with Crippen LogP contribution in [0, 0.1) is 5.92 Å². The van der Waals surface area contributed by atoms with Gasteiger partial charge in [-0.25, -0.2) is 0 Å². The lowest BCUT2D eigenvalue weighted by atomic mass is 9.70. The molecule has 38 heavy (non-hydrogen) atoms. The van der Waals surface area contributed by atoms with Crippen molar-refractivity contribution in [3.8, 4) is 0 Å². The molecular formula is C28H44ClN5O4. The molecule has 6 rings (SSSR count). The van der Waals surface area contributed by atoms with Crippen LogP contribution in [0.15, 0.2) is 11.8 Å². The van der Waals surface area contributed by atoms with E-state index in [0.29, 0.717) is 12.1 Å². The molecule has 0 bridgehead atoms. The summed E-state index contributed by atoms with van der Waals surface area (Å²) in [5, 5.41) is 6.92. The molecule has 2 aliphatic carbocycles. The van der Waals surface area contributed by atoms with Crippen LogP contribution in [-0.2, 0) is 19.1 Å². The van der Waals surface area contributed by atoms with Crippen molar-refractivity contribution in [1.82, 2.24) is 25.3 Å². The fourth-order valence-corrected chi connectivity index (χ4v) is 7.93. The number of nitrogens with zero attached hydrogens (tertiary/aromatic N) is 3. The zero-order valence-electron chi connectivity index (χ0n) is 22.5. The van der Waals surface area contributed by atoms with Crippen LogP contribution in [0.4, 0.5) is 0 Å². The standard InChI is InChI=1S/C28H44ClN5O4/c29-19-3-4-23-24(15-19)38-25-17-20(30-5-9-32-7-1-2-8-32)16-21-26(25)34(23)18-22(27(21)35)28(36)31-6-10-33-11-13-37-14-12-33/h18-21,23-26,30H,1-17H2,(H,31,36). The number of amides is 1. The molecule has 0 radical (unpaired) electrons. The maximum atomic E-state index is 13.8. The highest BCUT2D eigenvalue weighted by atomic mass is 35.5. The van der Waals surface area contributed by atoms with E-state index in [-0.39, 0.29) is 53.3 Å². The van der Waals surface area contributed by atoms with Gasteiger partial charge in [-0.15, -0.1) is 11.6 Å². The number of carbonyl (C=O) groups excluding carboxylic acids is 2. The zero-order chi connectivity index (χ0) is 26.1. The van der Waals surface area contributed by atoms with Gasteiger partial charge in [-0.2, -0.15) is 0 Å². The van der Waals surface area contributed by atoms with Gasteiger partial charge >= 0.3 is 0 Å². The lowest BCUT2D eigenvalue weighted by molar-refractivity contribution is -0.183. The minimum absolute atomic E-state index is 0.0113. The fourth-order valence-electron chi connectivity index (χ4n) is 7.63. The fraction of sp³-hybridized carbons (Fsp3) is 0.857. The average molecular weight is 550 g/mol. The van der Waals surface area contributed by atoms with E-state index in [0.717, 1.165) is 78.0 Å². The number of rotatable bonds is 8. The molecule has 0 aromatic heterocycles. The highest BCUT2D eigenvalue weighted by Gasteiger charge is 2.55. The molecule has 212 valence electrons. The first-order valence-corrected chi connectivity index (χ1v) is 15.4. The van der Waals surface area contributed by atoms with Crippen molar-refractivity contribution in [2.75, 3.05) is 65.6 Å². The van der Waals surface area contributed by atoms with E-state index < -0.39 is 0 Å². The summed E-state index contributed by atoms with van der Waals surface area (Å²) in [5.74, 6) is -0.478. The first-order valence-electron chi connectivity index (χ1n) is 14.9. The molecule has 0 spiro atoms. The summed E-state index contributed by atoms with van der Waals surface area (Å²) in [4.78, 5) is 34.4. The van der Waals surface area contributed by atoms with Gasteiger partial charge in [0.15, 0.2) is 5.78 Å². The number of hydrogen-bond acceptors (Lipinski definition) is 8. The summed E-state index contributed by atoms with van der Waals surface area (Å²) in [6, 6.07) is 0.403. The Balaban J connectivity index is 1.15. The molecule has 6 aliphatic rings. The molecule has 5 fully saturated rings. The number of likely N-dealkylation sites (tertiary alicyclic amines) is 1. The van der Waals surface area contributed by atoms with E-state index >= 15 is 0 Å². The number of Topliss-reactive ketones (excluding diaryl/α,β-unsaturated/α-hetero) is 1. The van der Waals surface area contributed by atoms with Crippen molar-refractivity contribution in [1.29, 1.82) is 0 Å². The number of fused-ring (bicyclic) bond motifs is 2. The molecule has 3 saturated heterocycles. The quantitative estimate of drug-likeness (QED) is 0.342. The van der Waals surface area contributed by atoms with Crippen molar-refractivity contribution in [3.63, 3.8) is 0 Å². The van der Waals surface area contributed by atoms with Gasteiger partial charge in [0, 0.05) is 62.8 Å². The van der Waals surface area contributed by atoms with Gasteiger partial charge in [0.05, 0.1) is 43.1 Å². The molecule has 0 aromatic rings. The van der Waals surface area contributed by atoms with Crippen molar-refractivity contribution in [2.45, 2.75) is 80.7 Å². The molecule has 0 aromatic carbocycles. The third kappa shape index (κ3) is 5.79. The second-order valence-electron chi connectivity index (χ2n) is 12.0. The van der Waals surface area contributed by atoms with Crippen molar-refractivity contribution >= 4 is 23.3 Å². The van der Waals surface area contributed by atoms with Gasteiger partial charge in [-0.1, -0.05) is 0 Å². The van der Waals surface area contributed by atoms with Gasteiger partial charge in [-0.3, -0.25) is 14.5 Å². The topological polar surface area (TPSA) is 86.4 Å². The van der Waals surface area contributed by atoms with Crippen LogP contribution in [0.2, 0.25) is 0 Å². The lowest BCUT2D eigenvalue weighted by Crippen LogP contribution is -2.68. The number of halogens is 1. The maximum absolute atomic E-state index is 13.8. The molecule has 9 nitrogen and oxygen atoms in total. The van der Waals surface area contributed by atoms with Crippen molar-refractivity contribution < 1.29 is 19.1 Å². The third-order valence-corrected chi connectivity index (χ3v) is 10.0. The van der Waals surface area contributed by atoms with E-state index in [2.05, 4.69) is 25.3 Å². The summed E-state index contributed by atoms with van der Waals surface area (Å²) >= 11 is 6.57. The first-order chi connectivity index (χ1) is 18.6. The molecule has 2 N–H and O–H groups in total. The number of ketones is 1. The summed E-state index contributed by atoms with van der Waals surface area (Å²) in [6.07, 6.45) is 8.85. The Bertz CT molecular complexity index is 892. The van der Waals surface area contributed by atoms with Gasteiger partial charge < -0.3 is 29.9 Å². The molecule has 4 aliphatic heterocycles. The monoisotopic (exact) mass is 549 g/mol. The van der Waals surface area contributed by atoms with Crippen LogP contribution in [-0.4, -0.2) is 128 Å². The Kier molecular flexibility index (Phi) is 8.59. The van der Waals surface area contributed by atoms with E-state index in [4.69, 9.17) is 21.1 Å². The number of carbonyl (C=O) groups is 2. The van der Waals surface area contributed by atoms with Crippen LogP contribution < -0.4 is 10.6 Å². The molecule has 1 amide bonds. The van der Waals surface area contributed by atoms with Gasteiger partial charge in [0.25, 0.3) is 5.91 Å². The van der Waals surface area contributed by atoms with Crippen LogP contribution >= 0.6 is 11.6 Å². The lowest BCUT2D eigenvalue weighted by Gasteiger charge is -2.58. The highest BCUT2D eigenvalue weighted by molar-refractivity contribution is 6.21. The summed E-state index contributed by atoms with van der Waals surface area (Å²) in [5.41, 5.74) is 0.318. The Morgan fingerprint density at radius 1 is 0.974 bits per heavy atom. The van der Waals surface area contributed by atoms with Crippen LogP contribution in [0.1, 0.15) is 44.9 Å². The minimum atomic E-state index is -0.239. The van der Waals surface area contributed by atoms with E-state index in [1.54, 1.807) is 0 Å². The molecule has 4 heterocycles. The predicted octanol–water partition coefficient (Wildman–Crippen LogP) is 0.963. The SMILES string of the molecule is O=C(NCCN1CCOCC1)C1=CN2C3CCC(Cl)CC3OC3CC(NCCN4CCCC4)CC(C1=O)C32. The molecular weight excluding hydrogens is 506 g/mol. The van der Waals surface area contributed by atoms with E-state index in [1.165, 1.54) is 25.9 Å². The van der Waals surface area contributed by atoms with E-state index in [9.17, 15) is 9.59 Å². The zero-order valence-corrected chi connectivity index (χ0v) is 23.2. The van der Waals surface area contributed by atoms with Gasteiger partial charge in [-0.05, 0) is 58.0 Å². The minimum Gasteiger partial charge on any atom is -0.379 e. The number of alkyl halides is 1. The Morgan fingerprint density at radius 3 is 2.55 bits per heavy atom. The van der Waals surface area contributed by atoms with E-state index in [1.807, 2.05) is 6.20 Å². The maximum Gasteiger partial charge on any atom is 0.256 e. The number of ether oxygens (including phenoxy) is 2. The summed E-state index contributed by atoms with van der Waals surface area (Å²) in [7, 11) is 0. The van der Waals surface area contributed by atoms with Crippen molar-refractivity contribution in [3.05, 3.63) is 11.8 Å². The first kappa shape index (κ1) is 27.0. The van der Waals surface area contributed by atoms with Gasteiger partial charge in [0.2, 0.25) is 0 Å². The molecule has 10 heteroatoms. The largest absolute Gasteiger partial charge is 0.379 e. The molecule has 2 saturated carbocycles. The van der Waals surface area contributed by atoms with Crippen LogP contribution in [0.5, 0.6) is 0 Å². The number of hydrogen-bond donors (Lipinski definition) is 2. The van der Waals surface area contributed by atoms with Crippen LogP contribution in [0.3, 0.4) is 0 Å². The predicted molar refractivity (Wildman–Crippen MR) is 145 cm³/mol. The Morgan fingerprint density at radius 2 is 1.74 bits per heavy atom. The molecule has 7 atom stereocenters. The second-order valence-corrected chi connectivity index (χ2v) is 12.6. The summed E-state index contributed by atoms with van der Waals surface area (Å²) < 4.78 is 12.1. The van der Waals surface area contributed by atoms with Crippen molar-refractivity contribution in [2.24, 2.45) is 5.92 Å². The molecule has 7 unspecified atom stereocenters. The van der Waals surface area contributed by atoms with Crippen LogP contribution in [0.25, 0.3) is 0 Å². The number of nitrogens with one attached hydrogen (secondary N) is 2. The number of morpholine rings is 2. The summed E-state index contributed by atoms with van der Waals surface area (Å²) in [6.45, 7) is 8.88. The Labute approximate surface area is 231 Å². The average Bonchev–Trinajstić information content (AvgIpc) is 3.44. The smallest absolute Gasteiger partial charge is 0.256 e.